The molecule has 0 saturated heterocycles. The number of hydrogen-bond donors (Lipinski definition) is 0. The Labute approximate surface area is 113 Å². The molecule has 3 rings (SSSR count). The Morgan fingerprint density at radius 1 is 1.11 bits per heavy atom. The first-order valence-electron chi connectivity index (χ1n) is 5.61. The van der Waals surface area contributed by atoms with Crippen LogP contribution in [0.2, 0.25) is 5.15 Å². The zero-order valence-corrected chi connectivity index (χ0v) is 10.5. The Morgan fingerprint density at radius 2 is 1.89 bits per heavy atom. The molecule has 3 aromatic rings. The van der Waals surface area contributed by atoms with Crippen molar-refractivity contribution in [2.24, 2.45) is 0 Å². The molecule has 0 unspecified atom stereocenters. The fourth-order valence-electron chi connectivity index (χ4n) is 1.73. The van der Waals surface area contributed by atoms with Crippen molar-refractivity contribution in [1.82, 2.24) is 14.6 Å². The quantitative estimate of drug-likeness (QED) is 0.691. The summed E-state index contributed by atoms with van der Waals surface area (Å²) in [6, 6.07) is 11.1. The SMILES string of the molecule is Fc1ccc(OCc2nnc3cccc(Cl)n23)cc1. The Morgan fingerprint density at radius 3 is 2.68 bits per heavy atom. The maximum Gasteiger partial charge on any atom is 0.176 e. The fourth-order valence-corrected chi connectivity index (χ4v) is 1.99. The van der Waals surface area contributed by atoms with Gasteiger partial charge in [-0.05, 0) is 36.4 Å². The van der Waals surface area contributed by atoms with Gasteiger partial charge in [0.1, 0.15) is 23.3 Å². The first kappa shape index (κ1) is 11.9. The van der Waals surface area contributed by atoms with Crippen molar-refractivity contribution in [2.75, 3.05) is 0 Å². The molecule has 0 aliphatic rings. The monoisotopic (exact) mass is 277 g/mol. The highest BCUT2D eigenvalue weighted by Gasteiger charge is 2.08. The van der Waals surface area contributed by atoms with Crippen molar-refractivity contribution in [3.63, 3.8) is 0 Å². The van der Waals surface area contributed by atoms with Crippen LogP contribution in [0.25, 0.3) is 5.65 Å². The van der Waals surface area contributed by atoms with E-state index in [4.69, 9.17) is 16.3 Å². The second-order valence-corrected chi connectivity index (χ2v) is 4.29. The van der Waals surface area contributed by atoms with Crippen LogP contribution in [0.5, 0.6) is 5.75 Å². The maximum absolute atomic E-state index is 12.8. The minimum absolute atomic E-state index is 0.205. The summed E-state index contributed by atoms with van der Waals surface area (Å²) in [6.07, 6.45) is 0. The smallest absolute Gasteiger partial charge is 0.176 e. The lowest BCUT2D eigenvalue weighted by molar-refractivity contribution is 0.294. The summed E-state index contributed by atoms with van der Waals surface area (Å²) < 4.78 is 20.0. The molecule has 2 aromatic heterocycles. The van der Waals surface area contributed by atoms with Gasteiger partial charge in [-0.3, -0.25) is 4.40 Å². The largest absolute Gasteiger partial charge is 0.486 e. The average molecular weight is 278 g/mol. The molecule has 0 fully saturated rings. The van der Waals surface area contributed by atoms with E-state index in [-0.39, 0.29) is 12.4 Å². The predicted molar refractivity (Wildman–Crippen MR) is 68.7 cm³/mol. The van der Waals surface area contributed by atoms with Crippen LogP contribution in [0.15, 0.2) is 42.5 Å². The fraction of sp³-hybridized carbons (Fsp3) is 0.0769. The van der Waals surface area contributed by atoms with E-state index >= 15 is 0 Å². The van der Waals surface area contributed by atoms with E-state index in [1.807, 2.05) is 0 Å². The van der Waals surface area contributed by atoms with Crippen LogP contribution < -0.4 is 4.74 Å². The number of halogens is 2. The number of fused-ring (bicyclic) bond motifs is 1. The number of benzene rings is 1. The van der Waals surface area contributed by atoms with Crippen LogP contribution >= 0.6 is 11.6 Å². The highest BCUT2D eigenvalue weighted by Crippen LogP contribution is 2.16. The summed E-state index contributed by atoms with van der Waals surface area (Å²) in [5.41, 5.74) is 0.658. The number of rotatable bonds is 3. The van der Waals surface area contributed by atoms with Gasteiger partial charge in [-0.1, -0.05) is 17.7 Å². The molecule has 0 saturated carbocycles. The van der Waals surface area contributed by atoms with Crippen molar-refractivity contribution in [1.29, 1.82) is 0 Å². The lowest BCUT2D eigenvalue weighted by atomic mass is 10.3. The van der Waals surface area contributed by atoms with Gasteiger partial charge in [0, 0.05) is 0 Å². The predicted octanol–water partition coefficient (Wildman–Crippen LogP) is 3.10. The van der Waals surface area contributed by atoms with E-state index in [2.05, 4.69) is 10.2 Å². The van der Waals surface area contributed by atoms with Gasteiger partial charge in [0.15, 0.2) is 11.5 Å². The Bertz CT molecular complexity index is 711. The van der Waals surface area contributed by atoms with E-state index in [1.54, 1.807) is 34.7 Å². The van der Waals surface area contributed by atoms with E-state index in [9.17, 15) is 4.39 Å². The van der Waals surface area contributed by atoms with Crippen molar-refractivity contribution in [3.05, 3.63) is 59.3 Å². The summed E-state index contributed by atoms with van der Waals surface area (Å²) in [5.74, 6) is 0.846. The van der Waals surface area contributed by atoms with Crippen molar-refractivity contribution >= 4 is 17.2 Å². The molecule has 96 valence electrons. The number of aromatic nitrogens is 3. The molecule has 0 spiro atoms. The topological polar surface area (TPSA) is 39.4 Å². The van der Waals surface area contributed by atoms with E-state index in [1.165, 1.54) is 12.1 Å². The highest BCUT2D eigenvalue weighted by molar-refractivity contribution is 6.29. The highest BCUT2D eigenvalue weighted by atomic mass is 35.5. The molecule has 6 heteroatoms. The third kappa shape index (κ3) is 2.37. The molecule has 0 aliphatic heterocycles. The van der Waals surface area contributed by atoms with Gasteiger partial charge >= 0.3 is 0 Å². The first-order valence-corrected chi connectivity index (χ1v) is 5.99. The minimum atomic E-state index is -0.302. The second-order valence-electron chi connectivity index (χ2n) is 3.90. The summed E-state index contributed by atoms with van der Waals surface area (Å²) in [5, 5.41) is 8.53. The van der Waals surface area contributed by atoms with Crippen LogP contribution in [0.3, 0.4) is 0 Å². The average Bonchev–Trinajstić information content (AvgIpc) is 2.83. The van der Waals surface area contributed by atoms with Gasteiger partial charge in [-0.2, -0.15) is 0 Å². The normalized spacial score (nSPS) is 10.8. The number of ether oxygens (including phenoxy) is 1. The number of nitrogens with zero attached hydrogens (tertiary/aromatic N) is 3. The molecule has 4 nitrogen and oxygen atoms in total. The molecule has 0 aliphatic carbocycles. The van der Waals surface area contributed by atoms with Crippen LogP contribution in [0.1, 0.15) is 5.82 Å². The molecular formula is C13H9ClFN3O. The van der Waals surface area contributed by atoms with Crippen LogP contribution in [-0.2, 0) is 6.61 Å². The molecule has 2 heterocycles. The third-order valence-electron chi connectivity index (χ3n) is 2.63. The van der Waals surface area contributed by atoms with Gasteiger partial charge in [0.25, 0.3) is 0 Å². The number of hydrogen-bond acceptors (Lipinski definition) is 3. The Kier molecular flexibility index (Phi) is 3.05. The lowest BCUT2D eigenvalue weighted by Gasteiger charge is -2.05. The van der Waals surface area contributed by atoms with Crippen molar-refractivity contribution < 1.29 is 9.13 Å². The van der Waals surface area contributed by atoms with Gasteiger partial charge in [-0.25, -0.2) is 4.39 Å². The molecule has 0 N–H and O–H groups in total. The molecule has 0 bridgehead atoms. The standard InChI is InChI=1S/C13H9ClFN3O/c14-11-2-1-3-12-16-17-13(18(11)12)8-19-10-6-4-9(15)5-7-10/h1-7H,8H2. The molecular weight excluding hydrogens is 269 g/mol. The zero-order chi connectivity index (χ0) is 13.2. The van der Waals surface area contributed by atoms with Gasteiger partial charge in [-0.15, -0.1) is 10.2 Å². The van der Waals surface area contributed by atoms with Gasteiger partial charge in [0.05, 0.1) is 0 Å². The summed E-state index contributed by atoms with van der Waals surface area (Å²) in [4.78, 5) is 0. The van der Waals surface area contributed by atoms with Crippen molar-refractivity contribution in [2.45, 2.75) is 6.61 Å². The summed E-state index contributed by atoms with van der Waals surface area (Å²) in [6.45, 7) is 0.205. The zero-order valence-electron chi connectivity index (χ0n) is 9.75. The first-order chi connectivity index (χ1) is 9.24. The molecule has 0 radical (unpaired) electrons. The molecule has 0 amide bonds. The van der Waals surface area contributed by atoms with E-state index in [0.717, 1.165) is 0 Å². The second kappa shape index (κ2) is 4.85. The van der Waals surface area contributed by atoms with Gasteiger partial charge in [0.2, 0.25) is 0 Å². The molecule has 1 aromatic carbocycles. The van der Waals surface area contributed by atoms with E-state index in [0.29, 0.717) is 22.4 Å². The van der Waals surface area contributed by atoms with E-state index < -0.39 is 0 Å². The van der Waals surface area contributed by atoms with Crippen LogP contribution in [-0.4, -0.2) is 14.6 Å². The summed E-state index contributed by atoms with van der Waals surface area (Å²) >= 11 is 6.08. The number of pyridine rings is 1. The van der Waals surface area contributed by atoms with Crippen molar-refractivity contribution in [3.8, 4) is 5.75 Å². The summed E-state index contributed by atoms with van der Waals surface area (Å²) in [7, 11) is 0. The Hall–Kier alpha value is -2.14. The third-order valence-corrected chi connectivity index (χ3v) is 2.92. The Balaban J connectivity index is 1.84. The van der Waals surface area contributed by atoms with Gasteiger partial charge < -0.3 is 4.74 Å². The molecule has 19 heavy (non-hydrogen) atoms. The minimum Gasteiger partial charge on any atom is -0.486 e. The van der Waals surface area contributed by atoms with Crippen LogP contribution in [0, 0.1) is 5.82 Å². The molecule has 0 atom stereocenters. The maximum atomic E-state index is 12.8. The van der Waals surface area contributed by atoms with Crippen LogP contribution in [0.4, 0.5) is 4.39 Å². The lowest BCUT2D eigenvalue weighted by Crippen LogP contribution is -2.02.